The number of likely N-dealkylation sites (N-methyl/N-ethyl adjacent to an activating group) is 1. The van der Waals surface area contributed by atoms with Crippen molar-refractivity contribution in [3.05, 3.63) is 33.9 Å². The number of nitro groups is 1. The molecule has 1 fully saturated rings. The average Bonchev–Trinajstić information content (AvgIpc) is 2.46. The van der Waals surface area contributed by atoms with Crippen molar-refractivity contribution in [1.82, 2.24) is 4.90 Å². The average molecular weight is 293 g/mol. The second kappa shape index (κ2) is 6.09. The molecule has 0 bridgehead atoms. The lowest BCUT2D eigenvalue weighted by atomic mass is 9.91. The summed E-state index contributed by atoms with van der Waals surface area (Å²) in [7, 11) is 1.60. The highest BCUT2D eigenvalue weighted by atomic mass is 16.6. The van der Waals surface area contributed by atoms with Crippen LogP contribution in [0.1, 0.15) is 36.0 Å². The lowest BCUT2D eigenvalue weighted by Crippen LogP contribution is -2.46. The third kappa shape index (κ3) is 2.97. The van der Waals surface area contributed by atoms with Gasteiger partial charge in [0.25, 0.3) is 11.6 Å². The normalized spacial score (nSPS) is 21.8. The van der Waals surface area contributed by atoms with Crippen molar-refractivity contribution in [2.24, 2.45) is 0 Å². The second-order valence-electron chi connectivity index (χ2n) is 5.33. The monoisotopic (exact) mass is 293 g/mol. The zero-order valence-corrected chi connectivity index (χ0v) is 11.9. The van der Waals surface area contributed by atoms with Crippen LogP contribution in [0.15, 0.2) is 18.2 Å². The summed E-state index contributed by atoms with van der Waals surface area (Å²) in [6.45, 7) is 0. The van der Waals surface area contributed by atoms with Crippen LogP contribution in [0.25, 0.3) is 0 Å². The lowest BCUT2D eigenvalue weighted by molar-refractivity contribution is -0.383. The smallest absolute Gasteiger partial charge is 0.292 e. The van der Waals surface area contributed by atoms with Crippen LogP contribution < -0.4 is 5.73 Å². The van der Waals surface area contributed by atoms with Gasteiger partial charge in [0.15, 0.2) is 0 Å². The molecule has 1 aliphatic rings. The van der Waals surface area contributed by atoms with Crippen molar-refractivity contribution in [2.75, 3.05) is 12.8 Å². The maximum Gasteiger partial charge on any atom is 0.292 e. The quantitative estimate of drug-likeness (QED) is 0.499. The summed E-state index contributed by atoms with van der Waals surface area (Å²) >= 11 is 0. The number of hydrogen-bond donors (Lipinski definition) is 2. The standard InChI is InChI=1S/C14H19N3O4/c1-16(10-6-2-3-8-12(10)18)14(19)9-5-4-7-11(13(9)15)17(20)21/h4-5,7,10,12,18H,2-3,6,8,15H2,1H3. The number of benzene rings is 1. The minimum atomic E-state index is -0.610. The van der Waals surface area contributed by atoms with Gasteiger partial charge < -0.3 is 15.7 Å². The fraction of sp³-hybridized carbons (Fsp3) is 0.500. The van der Waals surface area contributed by atoms with Crippen molar-refractivity contribution in [1.29, 1.82) is 0 Å². The van der Waals surface area contributed by atoms with E-state index in [4.69, 9.17) is 5.73 Å². The van der Waals surface area contributed by atoms with E-state index in [1.54, 1.807) is 7.05 Å². The highest BCUT2D eigenvalue weighted by Gasteiger charge is 2.31. The Morgan fingerprint density at radius 1 is 1.43 bits per heavy atom. The van der Waals surface area contributed by atoms with Gasteiger partial charge in [-0.3, -0.25) is 14.9 Å². The first-order valence-corrected chi connectivity index (χ1v) is 6.91. The van der Waals surface area contributed by atoms with E-state index in [9.17, 15) is 20.0 Å². The summed E-state index contributed by atoms with van der Waals surface area (Å²) in [6.07, 6.45) is 2.71. The number of carbonyl (C=O) groups is 1. The first-order chi connectivity index (χ1) is 9.93. The molecule has 1 aromatic rings. The predicted molar refractivity (Wildman–Crippen MR) is 77.9 cm³/mol. The number of anilines is 1. The van der Waals surface area contributed by atoms with Crippen molar-refractivity contribution < 1.29 is 14.8 Å². The lowest BCUT2D eigenvalue weighted by Gasteiger charge is -2.35. The summed E-state index contributed by atoms with van der Waals surface area (Å²) in [5.41, 5.74) is 5.42. The van der Waals surface area contributed by atoms with Gasteiger partial charge in [-0.05, 0) is 18.9 Å². The number of para-hydroxylation sites is 1. The third-order valence-electron chi connectivity index (χ3n) is 4.02. The molecule has 0 spiro atoms. The van der Waals surface area contributed by atoms with Gasteiger partial charge in [0.05, 0.1) is 22.6 Å². The van der Waals surface area contributed by atoms with E-state index in [0.29, 0.717) is 6.42 Å². The van der Waals surface area contributed by atoms with Crippen LogP contribution in [0.4, 0.5) is 11.4 Å². The van der Waals surface area contributed by atoms with Gasteiger partial charge in [-0.25, -0.2) is 0 Å². The zero-order chi connectivity index (χ0) is 15.6. The molecule has 2 rings (SSSR count). The van der Waals surface area contributed by atoms with Crippen molar-refractivity contribution in [2.45, 2.75) is 37.8 Å². The van der Waals surface area contributed by atoms with Gasteiger partial charge in [0.1, 0.15) is 5.69 Å². The van der Waals surface area contributed by atoms with Gasteiger partial charge in [0.2, 0.25) is 0 Å². The Balaban J connectivity index is 2.27. The van der Waals surface area contributed by atoms with Gasteiger partial charge >= 0.3 is 0 Å². The van der Waals surface area contributed by atoms with E-state index in [1.165, 1.54) is 23.1 Å². The van der Waals surface area contributed by atoms with Crippen LogP contribution in [0.5, 0.6) is 0 Å². The molecule has 21 heavy (non-hydrogen) atoms. The van der Waals surface area contributed by atoms with Gasteiger partial charge in [-0.1, -0.05) is 18.9 Å². The van der Waals surface area contributed by atoms with Crippen molar-refractivity contribution in [3.8, 4) is 0 Å². The molecular formula is C14H19N3O4. The molecule has 0 aromatic heterocycles. The van der Waals surface area contributed by atoms with Crippen LogP contribution in [-0.4, -0.2) is 40.0 Å². The number of nitrogens with zero attached hydrogens (tertiary/aromatic N) is 2. The van der Waals surface area contributed by atoms with Gasteiger partial charge in [-0.2, -0.15) is 0 Å². The minimum absolute atomic E-state index is 0.101. The minimum Gasteiger partial charge on any atom is -0.393 e. The van der Waals surface area contributed by atoms with Crippen LogP contribution in [0.3, 0.4) is 0 Å². The number of carbonyl (C=O) groups excluding carboxylic acids is 1. The van der Waals surface area contributed by atoms with Crippen molar-refractivity contribution in [3.63, 3.8) is 0 Å². The Morgan fingerprint density at radius 2 is 2.10 bits per heavy atom. The molecule has 114 valence electrons. The van der Waals surface area contributed by atoms with E-state index in [1.807, 2.05) is 0 Å². The Bertz CT molecular complexity index is 561. The SMILES string of the molecule is CN(C(=O)c1cccc([N+](=O)[O-])c1N)C1CCCCC1O. The molecule has 7 heteroatoms. The summed E-state index contributed by atoms with van der Waals surface area (Å²) in [6, 6.07) is 3.90. The summed E-state index contributed by atoms with van der Waals surface area (Å²) < 4.78 is 0. The molecule has 0 saturated heterocycles. The molecule has 1 amide bonds. The maximum atomic E-state index is 12.5. The number of rotatable bonds is 3. The molecule has 0 aliphatic heterocycles. The molecule has 3 N–H and O–H groups in total. The van der Waals surface area contributed by atoms with Crippen LogP contribution >= 0.6 is 0 Å². The third-order valence-corrected chi connectivity index (χ3v) is 4.02. The topological polar surface area (TPSA) is 110 Å². The largest absolute Gasteiger partial charge is 0.393 e. The van der Waals surface area contributed by atoms with Crippen LogP contribution in [0.2, 0.25) is 0 Å². The first-order valence-electron chi connectivity index (χ1n) is 6.91. The highest BCUT2D eigenvalue weighted by molar-refractivity contribution is 6.01. The second-order valence-corrected chi connectivity index (χ2v) is 5.33. The summed E-state index contributed by atoms with van der Waals surface area (Å²) in [4.78, 5) is 24.2. The Labute approximate surface area is 122 Å². The summed E-state index contributed by atoms with van der Waals surface area (Å²) in [5, 5.41) is 20.9. The number of nitro benzene ring substituents is 1. The van der Waals surface area contributed by atoms with E-state index in [2.05, 4.69) is 0 Å². The summed E-state index contributed by atoms with van der Waals surface area (Å²) in [5.74, 6) is -0.401. The van der Waals surface area contributed by atoms with Crippen LogP contribution in [-0.2, 0) is 0 Å². The molecule has 1 aromatic carbocycles. The van der Waals surface area contributed by atoms with Gasteiger partial charge in [-0.15, -0.1) is 0 Å². The molecule has 2 atom stereocenters. The van der Waals surface area contributed by atoms with Crippen molar-refractivity contribution >= 4 is 17.3 Å². The highest BCUT2D eigenvalue weighted by Crippen LogP contribution is 2.28. The fourth-order valence-electron chi connectivity index (χ4n) is 2.78. The number of aliphatic hydroxyl groups is 1. The molecule has 2 unspecified atom stereocenters. The Hall–Kier alpha value is -2.15. The number of nitrogen functional groups attached to an aromatic ring is 1. The maximum absolute atomic E-state index is 12.5. The van der Waals surface area contributed by atoms with E-state index in [-0.39, 0.29) is 23.0 Å². The molecule has 0 radical (unpaired) electrons. The zero-order valence-electron chi connectivity index (χ0n) is 11.9. The molecule has 0 heterocycles. The molecular weight excluding hydrogens is 274 g/mol. The Morgan fingerprint density at radius 3 is 2.71 bits per heavy atom. The van der Waals surface area contributed by atoms with E-state index in [0.717, 1.165) is 19.3 Å². The molecule has 1 aliphatic carbocycles. The van der Waals surface area contributed by atoms with E-state index < -0.39 is 16.9 Å². The molecule has 1 saturated carbocycles. The Kier molecular flexibility index (Phi) is 4.42. The van der Waals surface area contributed by atoms with Gasteiger partial charge in [0, 0.05) is 13.1 Å². The fourth-order valence-corrected chi connectivity index (χ4v) is 2.78. The van der Waals surface area contributed by atoms with Crippen LogP contribution in [0, 0.1) is 10.1 Å². The molecule has 7 nitrogen and oxygen atoms in total. The number of hydrogen-bond acceptors (Lipinski definition) is 5. The number of nitrogens with two attached hydrogens (primary N) is 1. The van der Waals surface area contributed by atoms with E-state index >= 15 is 0 Å². The first kappa shape index (κ1) is 15.2. The predicted octanol–water partition coefficient (Wildman–Crippen LogP) is 1.55. The number of amides is 1. The number of aliphatic hydroxyl groups excluding tert-OH is 1.